The van der Waals surface area contributed by atoms with Crippen LogP contribution in [-0.2, 0) is 6.42 Å². The van der Waals surface area contributed by atoms with Crippen LogP contribution in [0.1, 0.15) is 12.1 Å². The predicted molar refractivity (Wildman–Crippen MR) is 53.5 cm³/mol. The minimum atomic E-state index is -4.34. The summed E-state index contributed by atoms with van der Waals surface area (Å²) >= 11 is 1.40. The quantitative estimate of drug-likeness (QED) is 0.907. The van der Waals surface area contributed by atoms with Crippen LogP contribution in [0.4, 0.5) is 13.2 Å². The van der Waals surface area contributed by atoms with Gasteiger partial charge in [0.1, 0.15) is 0 Å². The molecule has 0 fully saturated rings. The van der Waals surface area contributed by atoms with E-state index in [1.54, 1.807) is 16.8 Å². The number of aliphatic hydroxyl groups is 1. The highest BCUT2D eigenvalue weighted by atomic mass is 32.1. The third kappa shape index (κ3) is 2.73. The lowest BCUT2D eigenvalue weighted by Crippen LogP contribution is -2.21. The summed E-state index contributed by atoms with van der Waals surface area (Å²) in [6.45, 7) is 0. The topological polar surface area (TPSA) is 37.5 Å². The third-order valence-corrected chi connectivity index (χ3v) is 2.83. The van der Waals surface area contributed by atoms with Crippen molar-refractivity contribution in [2.75, 3.05) is 0 Å². The van der Waals surface area contributed by atoms with Gasteiger partial charge in [0.05, 0.1) is 18.2 Å². The summed E-state index contributed by atoms with van der Waals surface area (Å²) < 4.78 is 37.6. The van der Waals surface area contributed by atoms with Crippen LogP contribution in [-0.4, -0.2) is 26.8 Å². The summed E-state index contributed by atoms with van der Waals surface area (Å²) in [5.74, 6) is 0. The SMILES string of the molecule is OC(Cc1cn2ccsc2n1)CC(F)(F)F. The van der Waals surface area contributed by atoms with Gasteiger partial charge in [0.25, 0.3) is 0 Å². The highest BCUT2D eigenvalue weighted by Crippen LogP contribution is 2.23. The molecule has 2 aromatic heterocycles. The van der Waals surface area contributed by atoms with E-state index in [-0.39, 0.29) is 6.42 Å². The lowest BCUT2D eigenvalue weighted by molar-refractivity contribution is -0.153. The van der Waals surface area contributed by atoms with E-state index in [2.05, 4.69) is 4.98 Å². The molecule has 0 saturated heterocycles. The second-order valence-corrected chi connectivity index (χ2v) is 4.38. The van der Waals surface area contributed by atoms with Crippen LogP contribution >= 0.6 is 11.3 Å². The highest BCUT2D eigenvalue weighted by molar-refractivity contribution is 7.15. The molecule has 88 valence electrons. The van der Waals surface area contributed by atoms with E-state index >= 15 is 0 Å². The molecule has 0 aliphatic rings. The summed E-state index contributed by atoms with van der Waals surface area (Å²) in [6.07, 6.45) is -3.63. The first-order valence-electron chi connectivity index (χ1n) is 4.60. The van der Waals surface area contributed by atoms with E-state index in [0.717, 1.165) is 0 Å². The molecule has 7 heteroatoms. The van der Waals surface area contributed by atoms with Gasteiger partial charge in [-0.1, -0.05) is 0 Å². The van der Waals surface area contributed by atoms with Crippen molar-refractivity contribution in [3.8, 4) is 0 Å². The number of hydrogen-bond acceptors (Lipinski definition) is 3. The normalized spacial score (nSPS) is 14.5. The zero-order chi connectivity index (χ0) is 11.8. The predicted octanol–water partition coefficient (Wildman–Crippen LogP) is 2.25. The Bertz CT molecular complexity index is 448. The van der Waals surface area contributed by atoms with Crippen LogP contribution in [0, 0.1) is 0 Å². The van der Waals surface area contributed by atoms with E-state index in [1.807, 2.05) is 5.38 Å². The van der Waals surface area contributed by atoms with Crippen molar-refractivity contribution in [1.82, 2.24) is 9.38 Å². The van der Waals surface area contributed by atoms with Gasteiger partial charge >= 0.3 is 6.18 Å². The average molecular weight is 250 g/mol. The summed E-state index contributed by atoms with van der Waals surface area (Å²) in [4.78, 5) is 4.81. The van der Waals surface area contributed by atoms with Gasteiger partial charge in [-0.25, -0.2) is 4.98 Å². The van der Waals surface area contributed by atoms with Gasteiger partial charge in [-0.15, -0.1) is 11.3 Å². The fourth-order valence-corrected chi connectivity index (χ4v) is 2.17. The molecule has 0 spiro atoms. The maximum atomic E-state index is 12.0. The van der Waals surface area contributed by atoms with E-state index in [0.29, 0.717) is 10.7 Å². The second-order valence-electron chi connectivity index (χ2n) is 3.50. The van der Waals surface area contributed by atoms with Crippen LogP contribution in [0.15, 0.2) is 17.8 Å². The smallest absolute Gasteiger partial charge is 0.391 e. The zero-order valence-electron chi connectivity index (χ0n) is 8.11. The molecule has 0 saturated carbocycles. The number of halogens is 3. The van der Waals surface area contributed by atoms with E-state index < -0.39 is 18.7 Å². The zero-order valence-corrected chi connectivity index (χ0v) is 8.92. The number of aliphatic hydroxyl groups excluding tert-OH is 1. The summed E-state index contributed by atoms with van der Waals surface area (Å²) in [5, 5.41) is 11.1. The number of fused-ring (bicyclic) bond motifs is 1. The van der Waals surface area contributed by atoms with Crippen molar-refractivity contribution >= 4 is 16.3 Å². The molecule has 0 bridgehead atoms. The lowest BCUT2D eigenvalue weighted by Gasteiger charge is -2.11. The second kappa shape index (κ2) is 4.06. The molecule has 1 N–H and O–H groups in total. The molecular weight excluding hydrogens is 241 g/mol. The van der Waals surface area contributed by atoms with Gasteiger partial charge in [0.15, 0.2) is 4.96 Å². The molecule has 1 unspecified atom stereocenters. The number of aromatic nitrogens is 2. The summed E-state index contributed by atoms with van der Waals surface area (Å²) in [5.41, 5.74) is 0.476. The Morgan fingerprint density at radius 2 is 2.25 bits per heavy atom. The molecule has 0 radical (unpaired) electrons. The molecule has 0 aromatic carbocycles. The Morgan fingerprint density at radius 1 is 1.50 bits per heavy atom. The van der Waals surface area contributed by atoms with E-state index in [9.17, 15) is 18.3 Å². The van der Waals surface area contributed by atoms with Crippen molar-refractivity contribution in [3.63, 3.8) is 0 Å². The first-order chi connectivity index (χ1) is 7.44. The van der Waals surface area contributed by atoms with Gasteiger partial charge in [-0.2, -0.15) is 13.2 Å². The van der Waals surface area contributed by atoms with Gasteiger partial charge in [0.2, 0.25) is 0 Å². The fraction of sp³-hybridized carbons (Fsp3) is 0.444. The number of nitrogens with zero attached hydrogens (tertiary/aromatic N) is 2. The Hall–Kier alpha value is -1.08. The number of thiazole rings is 1. The Balaban J connectivity index is 2.02. The average Bonchev–Trinajstić information content (AvgIpc) is 2.58. The van der Waals surface area contributed by atoms with Crippen molar-refractivity contribution in [2.45, 2.75) is 25.1 Å². The molecule has 2 aromatic rings. The molecule has 2 rings (SSSR count). The molecule has 16 heavy (non-hydrogen) atoms. The van der Waals surface area contributed by atoms with Crippen molar-refractivity contribution < 1.29 is 18.3 Å². The maximum absolute atomic E-state index is 12.0. The summed E-state index contributed by atoms with van der Waals surface area (Å²) in [6, 6.07) is 0. The van der Waals surface area contributed by atoms with Gasteiger partial charge in [0, 0.05) is 24.2 Å². The van der Waals surface area contributed by atoms with Crippen LogP contribution in [0.2, 0.25) is 0 Å². The Morgan fingerprint density at radius 3 is 2.88 bits per heavy atom. The molecule has 3 nitrogen and oxygen atoms in total. The molecule has 2 heterocycles. The number of imidazole rings is 1. The standard InChI is InChI=1S/C9H9F3N2OS/c10-9(11,12)4-7(15)3-6-5-14-1-2-16-8(14)13-6/h1-2,5,7,15H,3-4H2. The van der Waals surface area contributed by atoms with Crippen molar-refractivity contribution in [2.24, 2.45) is 0 Å². The lowest BCUT2D eigenvalue weighted by atomic mass is 10.1. The minimum absolute atomic E-state index is 0.0755. The Labute approximate surface area is 93.2 Å². The summed E-state index contributed by atoms with van der Waals surface area (Å²) in [7, 11) is 0. The van der Waals surface area contributed by atoms with Crippen LogP contribution in [0.5, 0.6) is 0 Å². The monoisotopic (exact) mass is 250 g/mol. The number of hydrogen-bond donors (Lipinski definition) is 1. The fourth-order valence-electron chi connectivity index (χ4n) is 1.46. The van der Waals surface area contributed by atoms with Crippen molar-refractivity contribution in [1.29, 1.82) is 0 Å². The molecule has 0 aliphatic heterocycles. The Kier molecular flexibility index (Phi) is 2.90. The largest absolute Gasteiger partial charge is 0.392 e. The molecule has 0 amide bonds. The minimum Gasteiger partial charge on any atom is -0.392 e. The van der Waals surface area contributed by atoms with Crippen LogP contribution in [0.3, 0.4) is 0 Å². The van der Waals surface area contributed by atoms with Crippen LogP contribution < -0.4 is 0 Å². The van der Waals surface area contributed by atoms with Gasteiger partial charge < -0.3 is 5.11 Å². The third-order valence-electron chi connectivity index (χ3n) is 2.05. The number of alkyl halides is 3. The molecule has 0 aliphatic carbocycles. The first kappa shape index (κ1) is 11.4. The van der Waals surface area contributed by atoms with Crippen molar-refractivity contribution in [3.05, 3.63) is 23.5 Å². The number of rotatable bonds is 3. The highest BCUT2D eigenvalue weighted by Gasteiger charge is 2.31. The van der Waals surface area contributed by atoms with E-state index in [1.165, 1.54) is 11.3 Å². The first-order valence-corrected chi connectivity index (χ1v) is 5.48. The van der Waals surface area contributed by atoms with Gasteiger partial charge in [-0.3, -0.25) is 4.40 Å². The van der Waals surface area contributed by atoms with Gasteiger partial charge in [-0.05, 0) is 0 Å². The van der Waals surface area contributed by atoms with E-state index in [4.69, 9.17) is 0 Å². The van der Waals surface area contributed by atoms with Crippen LogP contribution in [0.25, 0.3) is 4.96 Å². The maximum Gasteiger partial charge on any atom is 0.391 e. The molecule has 1 atom stereocenters. The molecular formula is C9H9F3N2OS.